The number of nitrogens with zero attached hydrogens (tertiary/aromatic N) is 2. The number of halogens is 1. The van der Waals surface area contributed by atoms with Gasteiger partial charge in [0.25, 0.3) is 5.91 Å². The number of thiazole rings is 1. The van der Waals surface area contributed by atoms with E-state index in [1.807, 2.05) is 22.2 Å². The lowest BCUT2D eigenvalue weighted by Gasteiger charge is -2.12. The van der Waals surface area contributed by atoms with Crippen LogP contribution in [-0.2, 0) is 11.2 Å². The van der Waals surface area contributed by atoms with E-state index in [0.717, 1.165) is 16.6 Å². The quantitative estimate of drug-likeness (QED) is 0.451. The number of carbonyl (C=O) groups is 2. The maximum absolute atomic E-state index is 13.8. The summed E-state index contributed by atoms with van der Waals surface area (Å²) >= 11 is 3.04. The summed E-state index contributed by atoms with van der Waals surface area (Å²) in [5.74, 6) is -1.36. The van der Waals surface area contributed by atoms with Gasteiger partial charge in [-0.25, -0.2) is 9.37 Å². The minimum absolute atomic E-state index is 0.0325. The minimum atomic E-state index is -0.533. The van der Waals surface area contributed by atoms with Crippen LogP contribution in [0.2, 0.25) is 0 Å². The number of benzene rings is 1. The predicted octanol–water partition coefficient (Wildman–Crippen LogP) is 4.84. The van der Waals surface area contributed by atoms with Crippen LogP contribution < -0.4 is 10.6 Å². The molecule has 0 saturated carbocycles. The van der Waals surface area contributed by atoms with Crippen LogP contribution in [0.15, 0.2) is 64.8 Å². The van der Waals surface area contributed by atoms with Gasteiger partial charge in [-0.2, -0.15) is 11.3 Å². The summed E-state index contributed by atoms with van der Waals surface area (Å²) in [5, 5.41) is 11.9. The molecule has 0 saturated heterocycles. The van der Waals surface area contributed by atoms with Crippen LogP contribution in [0.5, 0.6) is 0 Å². The summed E-state index contributed by atoms with van der Waals surface area (Å²) < 4.78 is 13.8. The van der Waals surface area contributed by atoms with Crippen molar-refractivity contribution in [1.29, 1.82) is 0 Å². The number of rotatable bonds is 6. The van der Waals surface area contributed by atoms with Gasteiger partial charge in [0, 0.05) is 22.5 Å². The SMILES string of the molecule is O=C(Cc1csc(-c2ccsc2)n1)Nc1cc(F)ccc1NC(=O)c1ccccn1. The number of aromatic nitrogens is 2. The molecule has 6 nitrogen and oxygen atoms in total. The summed E-state index contributed by atoms with van der Waals surface area (Å²) in [4.78, 5) is 33.3. The van der Waals surface area contributed by atoms with Crippen LogP contribution in [0.4, 0.5) is 15.8 Å². The smallest absolute Gasteiger partial charge is 0.274 e. The number of hydrogen-bond acceptors (Lipinski definition) is 6. The number of thiophene rings is 1. The van der Waals surface area contributed by atoms with Crippen molar-refractivity contribution in [2.24, 2.45) is 0 Å². The average Bonchev–Trinajstić information content (AvgIpc) is 3.42. The molecule has 0 bridgehead atoms. The van der Waals surface area contributed by atoms with Gasteiger partial charge in [0.15, 0.2) is 0 Å². The van der Waals surface area contributed by atoms with Crippen LogP contribution in [0.25, 0.3) is 10.6 Å². The first-order valence-corrected chi connectivity index (χ1v) is 10.7. The van der Waals surface area contributed by atoms with Crippen LogP contribution in [0.1, 0.15) is 16.2 Å². The second-order valence-corrected chi connectivity index (χ2v) is 7.88. The fraction of sp³-hybridized carbons (Fsp3) is 0.0476. The number of pyridine rings is 1. The van der Waals surface area contributed by atoms with E-state index in [1.54, 1.807) is 29.5 Å². The van der Waals surface area contributed by atoms with Crippen molar-refractivity contribution < 1.29 is 14.0 Å². The van der Waals surface area contributed by atoms with Crippen molar-refractivity contribution in [3.8, 4) is 10.6 Å². The zero-order valence-corrected chi connectivity index (χ0v) is 17.1. The molecule has 0 aliphatic heterocycles. The Morgan fingerprint density at radius 2 is 1.93 bits per heavy atom. The van der Waals surface area contributed by atoms with Gasteiger partial charge in [-0.15, -0.1) is 11.3 Å². The third-order valence-corrected chi connectivity index (χ3v) is 5.69. The second kappa shape index (κ2) is 8.93. The number of nitrogens with one attached hydrogen (secondary N) is 2. The van der Waals surface area contributed by atoms with E-state index in [-0.39, 0.29) is 29.4 Å². The van der Waals surface area contributed by atoms with Crippen molar-refractivity contribution in [2.75, 3.05) is 10.6 Å². The molecule has 0 aliphatic carbocycles. The maximum atomic E-state index is 13.8. The molecule has 0 radical (unpaired) electrons. The average molecular weight is 439 g/mol. The lowest BCUT2D eigenvalue weighted by molar-refractivity contribution is -0.115. The molecule has 30 heavy (non-hydrogen) atoms. The molecule has 0 unspecified atom stereocenters. The first-order chi connectivity index (χ1) is 14.6. The van der Waals surface area contributed by atoms with Gasteiger partial charge >= 0.3 is 0 Å². The molecule has 3 aromatic heterocycles. The molecular weight excluding hydrogens is 423 g/mol. The number of carbonyl (C=O) groups excluding carboxylic acids is 2. The summed E-state index contributed by atoms with van der Waals surface area (Å²) in [5.41, 5.74) is 2.29. The first-order valence-electron chi connectivity index (χ1n) is 8.87. The van der Waals surface area contributed by atoms with E-state index >= 15 is 0 Å². The van der Waals surface area contributed by atoms with Crippen LogP contribution >= 0.6 is 22.7 Å². The second-order valence-electron chi connectivity index (χ2n) is 6.24. The van der Waals surface area contributed by atoms with Gasteiger partial charge in [-0.05, 0) is 41.8 Å². The molecule has 0 aliphatic rings. The van der Waals surface area contributed by atoms with E-state index in [0.29, 0.717) is 5.69 Å². The Morgan fingerprint density at radius 3 is 2.70 bits per heavy atom. The molecule has 2 N–H and O–H groups in total. The highest BCUT2D eigenvalue weighted by atomic mass is 32.1. The Bertz CT molecular complexity index is 1180. The van der Waals surface area contributed by atoms with Gasteiger partial charge in [-0.3, -0.25) is 14.6 Å². The zero-order valence-electron chi connectivity index (χ0n) is 15.5. The third kappa shape index (κ3) is 4.76. The largest absolute Gasteiger partial charge is 0.324 e. The van der Waals surface area contributed by atoms with Crippen molar-refractivity contribution >= 4 is 45.9 Å². The monoisotopic (exact) mass is 438 g/mol. The summed E-state index contributed by atoms with van der Waals surface area (Å²) in [6.45, 7) is 0. The summed E-state index contributed by atoms with van der Waals surface area (Å²) in [6, 6.07) is 10.7. The van der Waals surface area contributed by atoms with E-state index in [4.69, 9.17) is 0 Å². The Balaban J connectivity index is 1.46. The molecule has 4 rings (SSSR count). The Kier molecular flexibility index (Phi) is 5.92. The van der Waals surface area contributed by atoms with Crippen molar-refractivity contribution in [2.45, 2.75) is 6.42 Å². The Morgan fingerprint density at radius 1 is 1.03 bits per heavy atom. The van der Waals surface area contributed by atoms with E-state index in [9.17, 15) is 14.0 Å². The Hall–Kier alpha value is -3.43. The molecule has 9 heteroatoms. The number of amides is 2. The van der Waals surface area contributed by atoms with Crippen LogP contribution in [-0.4, -0.2) is 21.8 Å². The van der Waals surface area contributed by atoms with Crippen molar-refractivity contribution in [1.82, 2.24) is 9.97 Å². The molecule has 1 aromatic carbocycles. The van der Waals surface area contributed by atoms with E-state index in [1.165, 1.54) is 29.7 Å². The predicted molar refractivity (Wildman–Crippen MR) is 116 cm³/mol. The summed E-state index contributed by atoms with van der Waals surface area (Å²) in [6.07, 6.45) is 1.53. The van der Waals surface area contributed by atoms with Gasteiger partial charge < -0.3 is 10.6 Å². The lowest BCUT2D eigenvalue weighted by Crippen LogP contribution is -2.18. The molecule has 3 heterocycles. The molecule has 0 fully saturated rings. The van der Waals surface area contributed by atoms with Gasteiger partial charge in [0.05, 0.1) is 23.5 Å². The highest BCUT2D eigenvalue weighted by molar-refractivity contribution is 7.14. The maximum Gasteiger partial charge on any atom is 0.274 e. The van der Waals surface area contributed by atoms with E-state index in [2.05, 4.69) is 20.6 Å². The van der Waals surface area contributed by atoms with E-state index < -0.39 is 11.7 Å². The molecule has 2 amide bonds. The molecule has 0 atom stereocenters. The number of anilines is 2. The van der Waals surface area contributed by atoms with Crippen LogP contribution in [0, 0.1) is 5.82 Å². The fourth-order valence-electron chi connectivity index (χ4n) is 2.68. The molecule has 4 aromatic rings. The summed E-state index contributed by atoms with van der Waals surface area (Å²) in [7, 11) is 0. The highest BCUT2D eigenvalue weighted by Crippen LogP contribution is 2.27. The Labute approximate surface area is 179 Å². The van der Waals surface area contributed by atoms with Gasteiger partial charge in [0.2, 0.25) is 5.91 Å². The molecular formula is C21H15FN4O2S2. The third-order valence-electron chi connectivity index (χ3n) is 4.06. The standard InChI is InChI=1S/C21H15FN4O2S2/c22-14-4-5-16(26-20(28)17-3-1-2-7-23-17)18(9-14)25-19(27)10-15-12-30-21(24-15)13-6-8-29-11-13/h1-9,11-12H,10H2,(H,25,27)(H,26,28). The zero-order chi connectivity index (χ0) is 20.9. The fourth-order valence-corrected chi connectivity index (χ4v) is 4.21. The molecule has 150 valence electrons. The molecule has 0 spiro atoms. The first kappa shape index (κ1) is 19.9. The lowest BCUT2D eigenvalue weighted by atomic mass is 10.2. The van der Waals surface area contributed by atoms with Gasteiger partial charge in [-0.1, -0.05) is 6.07 Å². The topological polar surface area (TPSA) is 84.0 Å². The van der Waals surface area contributed by atoms with Gasteiger partial charge in [0.1, 0.15) is 16.5 Å². The van der Waals surface area contributed by atoms with Crippen molar-refractivity contribution in [3.63, 3.8) is 0 Å². The number of hydrogen-bond donors (Lipinski definition) is 2. The van der Waals surface area contributed by atoms with Crippen LogP contribution in [0.3, 0.4) is 0 Å². The highest BCUT2D eigenvalue weighted by Gasteiger charge is 2.14. The normalized spacial score (nSPS) is 10.6. The minimum Gasteiger partial charge on any atom is -0.324 e. The van der Waals surface area contributed by atoms with Crippen molar-refractivity contribution in [3.05, 3.63) is 82.0 Å².